The average Bonchev–Trinajstić information content (AvgIpc) is 2.71. The van der Waals surface area contributed by atoms with Crippen LogP contribution < -0.4 is 5.32 Å². The molecule has 0 bridgehead atoms. The third-order valence-corrected chi connectivity index (χ3v) is 3.67. The summed E-state index contributed by atoms with van der Waals surface area (Å²) in [4.78, 5) is 20.2. The Kier molecular flexibility index (Phi) is 4.79. The van der Waals surface area contributed by atoms with E-state index in [0.717, 1.165) is 32.0 Å². The van der Waals surface area contributed by atoms with Crippen molar-refractivity contribution < 1.29 is 4.79 Å². The first-order chi connectivity index (χ1) is 9.08. The molecule has 2 rings (SSSR count). The maximum Gasteiger partial charge on any atom is 0.236 e. The van der Waals surface area contributed by atoms with E-state index in [1.54, 1.807) is 6.20 Å². The fourth-order valence-corrected chi connectivity index (χ4v) is 2.26. The van der Waals surface area contributed by atoms with Crippen LogP contribution in [0.1, 0.15) is 5.82 Å². The first-order valence-electron chi connectivity index (χ1n) is 6.41. The molecule has 1 aromatic rings. The molecule has 1 aliphatic heterocycles. The Balaban J connectivity index is 1.85. The monoisotopic (exact) mass is 285 g/mol. The number of hydrogen-bond donors (Lipinski definition) is 1. The van der Waals surface area contributed by atoms with Crippen LogP contribution in [-0.4, -0.2) is 65.0 Å². The van der Waals surface area contributed by atoms with Gasteiger partial charge < -0.3 is 14.8 Å². The van der Waals surface area contributed by atoms with Gasteiger partial charge in [0.1, 0.15) is 11.0 Å². The van der Waals surface area contributed by atoms with Gasteiger partial charge >= 0.3 is 0 Å². The quantitative estimate of drug-likeness (QED) is 0.842. The zero-order chi connectivity index (χ0) is 13.8. The Morgan fingerprint density at radius 2 is 2.21 bits per heavy atom. The lowest BCUT2D eigenvalue weighted by molar-refractivity contribution is -0.132. The molecule has 1 aliphatic rings. The molecule has 0 aliphatic carbocycles. The molecule has 0 atom stereocenters. The number of likely N-dealkylation sites (N-methyl/N-ethyl adjacent to an activating group) is 1. The van der Waals surface area contributed by atoms with Crippen molar-refractivity contribution in [1.82, 2.24) is 24.7 Å². The number of halogens is 1. The number of nitrogens with zero attached hydrogens (tertiary/aromatic N) is 4. The molecule has 0 aromatic carbocycles. The maximum atomic E-state index is 12.1. The van der Waals surface area contributed by atoms with E-state index in [4.69, 9.17) is 11.6 Å². The lowest BCUT2D eigenvalue weighted by Crippen LogP contribution is -2.49. The van der Waals surface area contributed by atoms with Gasteiger partial charge in [-0.2, -0.15) is 0 Å². The molecule has 0 radical (unpaired) electrons. The molecule has 0 spiro atoms. The second-order valence-corrected chi connectivity index (χ2v) is 5.25. The minimum Gasteiger partial charge on any atom is -0.339 e. The molecule has 0 saturated carbocycles. The molecule has 1 aromatic heterocycles. The third-order valence-electron chi connectivity index (χ3n) is 3.31. The van der Waals surface area contributed by atoms with E-state index >= 15 is 0 Å². The summed E-state index contributed by atoms with van der Waals surface area (Å²) >= 11 is 5.94. The smallest absolute Gasteiger partial charge is 0.236 e. The summed E-state index contributed by atoms with van der Waals surface area (Å²) < 4.78 is 1.83. The van der Waals surface area contributed by atoms with Crippen LogP contribution >= 0.6 is 11.6 Å². The highest BCUT2D eigenvalue weighted by atomic mass is 35.5. The summed E-state index contributed by atoms with van der Waals surface area (Å²) in [5, 5.41) is 3.85. The van der Waals surface area contributed by atoms with Crippen LogP contribution in [0.4, 0.5) is 0 Å². The molecule has 106 valence electrons. The van der Waals surface area contributed by atoms with Crippen molar-refractivity contribution in [2.45, 2.75) is 6.54 Å². The average molecular weight is 286 g/mol. The molecular weight excluding hydrogens is 266 g/mol. The van der Waals surface area contributed by atoms with E-state index < -0.39 is 0 Å². The first-order valence-corrected chi connectivity index (χ1v) is 6.79. The van der Waals surface area contributed by atoms with Crippen molar-refractivity contribution in [3.63, 3.8) is 0 Å². The van der Waals surface area contributed by atoms with E-state index in [2.05, 4.69) is 10.3 Å². The first kappa shape index (κ1) is 14.3. The molecule has 19 heavy (non-hydrogen) atoms. The summed E-state index contributed by atoms with van der Waals surface area (Å²) in [6.45, 7) is 4.36. The zero-order valence-corrected chi connectivity index (χ0v) is 12.2. The highest BCUT2D eigenvalue weighted by Gasteiger charge is 2.18. The summed E-state index contributed by atoms with van der Waals surface area (Å²) in [6, 6.07) is 0. The molecule has 7 heteroatoms. The largest absolute Gasteiger partial charge is 0.339 e. The van der Waals surface area contributed by atoms with Crippen molar-refractivity contribution in [3.05, 3.63) is 17.2 Å². The van der Waals surface area contributed by atoms with E-state index in [-0.39, 0.29) is 5.91 Å². The van der Waals surface area contributed by atoms with Crippen LogP contribution in [0.5, 0.6) is 0 Å². The van der Waals surface area contributed by atoms with Crippen LogP contribution in [0.15, 0.2) is 6.20 Å². The predicted octanol–water partition coefficient (Wildman–Crippen LogP) is -0.0629. The van der Waals surface area contributed by atoms with E-state index in [9.17, 15) is 4.79 Å². The van der Waals surface area contributed by atoms with Gasteiger partial charge in [-0.3, -0.25) is 9.69 Å². The SMILES string of the molecule is CN(CC(=O)N1CCNCC1)Cc1ncc(Cl)n1C. The number of piperazine rings is 1. The van der Waals surface area contributed by atoms with E-state index in [1.807, 2.05) is 28.5 Å². The molecule has 1 N–H and O–H groups in total. The molecule has 2 heterocycles. The number of amides is 1. The highest BCUT2D eigenvalue weighted by Crippen LogP contribution is 2.10. The van der Waals surface area contributed by atoms with Gasteiger partial charge in [0.15, 0.2) is 0 Å². The summed E-state index contributed by atoms with van der Waals surface area (Å²) in [6.07, 6.45) is 1.63. The van der Waals surface area contributed by atoms with Crippen LogP contribution in [0, 0.1) is 0 Å². The van der Waals surface area contributed by atoms with E-state index in [0.29, 0.717) is 18.2 Å². The van der Waals surface area contributed by atoms with Crippen LogP contribution in [0.3, 0.4) is 0 Å². The normalized spacial score (nSPS) is 16.1. The number of imidazole rings is 1. The van der Waals surface area contributed by atoms with Crippen molar-refractivity contribution >= 4 is 17.5 Å². The van der Waals surface area contributed by atoms with Gasteiger partial charge in [-0.15, -0.1) is 0 Å². The number of aromatic nitrogens is 2. The molecule has 1 saturated heterocycles. The van der Waals surface area contributed by atoms with Crippen LogP contribution in [-0.2, 0) is 18.4 Å². The number of rotatable bonds is 4. The Morgan fingerprint density at radius 3 is 2.79 bits per heavy atom. The summed E-state index contributed by atoms with van der Waals surface area (Å²) in [7, 11) is 3.79. The minimum atomic E-state index is 0.171. The van der Waals surface area contributed by atoms with Crippen LogP contribution in [0.2, 0.25) is 5.15 Å². The lowest BCUT2D eigenvalue weighted by Gasteiger charge is -2.29. The zero-order valence-electron chi connectivity index (χ0n) is 11.4. The Morgan fingerprint density at radius 1 is 1.53 bits per heavy atom. The van der Waals surface area contributed by atoms with Gasteiger partial charge in [0.05, 0.1) is 19.3 Å². The molecule has 0 unspecified atom stereocenters. The van der Waals surface area contributed by atoms with Crippen molar-refractivity contribution in [3.8, 4) is 0 Å². The van der Waals surface area contributed by atoms with Gasteiger partial charge in [0.2, 0.25) is 5.91 Å². The highest BCUT2D eigenvalue weighted by molar-refractivity contribution is 6.29. The Labute approximate surface area is 118 Å². The second-order valence-electron chi connectivity index (χ2n) is 4.86. The van der Waals surface area contributed by atoms with Crippen LogP contribution in [0.25, 0.3) is 0 Å². The Bertz CT molecular complexity index is 441. The summed E-state index contributed by atoms with van der Waals surface area (Å²) in [5.41, 5.74) is 0. The van der Waals surface area contributed by atoms with Gasteiger partial charge in [-0.05, 0) is 7.05 Å². The topological polar surface area (TPSA) is 53.4 Å². The van der Waals surface area contributed by atoms with Gasteiger partial charge in [-0.25, -0.2) is 4.98 Å². The Hall–Kier alpha value is -1.11. The number of carbonyl (C=O) groups excluding carboxylic acids is 1. The van der Waals surface area contributed by atoms with Gasteiger partial charge in [0.25, 0.3) is 0 Å². The number of nitrogens with one attached hydrogen (secondary N) is 1. The number of hydrogen-bond acceptors (Lipinski definition) is 4. The van der Waals surface area contributed by atoms with Gasteiger partial charge in [0, 0.05) is 33.2 Å². The van der Waals surface area contributed by atoms with E-state index in [1.165, 1.54) is 0 Å². The lowest BCUT2D eigenvalue weighted by atomic mass is 10.3. The standard InChI is InChI=1S/C12H20ClN5O/c1-16(8-11-15-7-10(13)17(11)2)9-12(19)18-5-3-14-4-6-18/h7,14H,3-6,8-9H2,1-2H3. The second kappa shape index (κ2) is 6.36. The molecular formula is C12H20ClN5O. The maximum absolute atomic E-state index is 12.1. The summed E-state index contributed by atoms with van der Waals surface area (Å²) in [5.74, 6) is 1.03. The number of carbonyl (C=O) groups is 1. The molecule has 1 fully saturated rings. The minimum absolute atomic E-state index is 0.171. The molecule has 1 amide bonds. The van der Waals surface area contributed by atoms with Crippen molar-refractivity contribution in [2.75, 3.05) is 39.8 Å². The van der Waals surface area contributed by atoms with Gasteiger partial charge in [-0.1, -0.05) is 11.6 Å². The predicted molar refractivity (Wildman–Crippen MR) is 74.0 cm³/mol. The fraction of sp³-hybridized carbons (Fsp3) is 0.667. The van der Waals surface area contributed by atoms with Crippen molar-refractivity contribution in [2.24, 2.45) is 7.05 Å². The molecule has 6 nitrogen and oxygen atoms in total. The van der Waals surface area contributed by atoms with Crippen molar-refractivity contribution in [1.29, 1.82) is 0 Å². The third kappa shape index (κ3) is 3.68. The fourth-order valence-electron chi connectivity index (χ4n) is 2.11.